The summed E-state index contributed by atoms with van der Waals surface area (Å²) in [6.45, 7) is 6.04. The highest BCUT2D eigenvalue weighted by atomic mass is 16.3. The molecule has 0 bridgehead atoms. The number of unbranched alkanes of at least 4 members (excludes halogenated alkanes) is 1. The molecule has 0 atom stereocenters. The van der Waals surface area contributed by atoms with Crippen molar-refractivity contribution >= 4 is 0 Å². The molecule has 1 aliphatic rings. The van der Waals surface area contributed by atoms with Gasteiger partial charge in [-0.05, 0) is 75.4 Å². The number of rotatable bonds is 5. The quantitative estimate of drug-likeness (QED) is 0.633. The smallest absolute Gasteiger partial charge is 0.157 e. The van der Waals surface area contributed by atoms with Crippen molar-refractivity contribution in [3.63, 3.8) is 0 Å². The van der Waals surface area contributed by atoms with E-state index >= 15 is 0 Å². The number of hydrogen-bond donors (Lipinski definition) is 2. The molecular weight excluding hydrogens is 238 g/mol. The zero-order valence-corrected chi connectivity index (χ0v) is 11.8. The molecule has 0 radical (unpaired) electrons. The van der Waals surface area contributed by atoms with E-state index in [-0.39, 0.29) is 11.5 Å². The minimum Gasteiger partial charge on any atom is -0.504 e. The topological polar surface area (TPSA) is 43.7 Å². The van der Waals surface area contributed by atoms with Gasteiger partial charge in [-0.1, -0.05) is 13.0 Å². The first kappa shape index (κ1) is 14.2. The first-order valence-electron chi connectivity index (χ1n) is 7.38. The minimum absolute atomic E-state index is 0.0116. The predicted octanol–water partition coefficient (Wildman–Crippen LogP) is 3.15. The second-order valence-electron chi connectivity index (χ2n) is 5.80. The van der Waals surface area contributed by atoms with Crippen molar-refractivity contribution in [3.05, 3.63) is 23.8 Å². The lowest BCUT2D eigenvalue weighted by Crippen LogP contribution is -2.33. The monoisotopic (exact) mass is 263 g/mol. The van der Waals surface area contributed by atoms with Gasteiger partial charge in [0.15, 0.2) is 11.5 Å². The van der Waals surface area contributed by atoms with Crippen LogP contribution in [0.1, 0.15) is 38.2 Å². The van der Waals surface area contributed by atoms with Crippen LogP contribution in [0, 0.1) is 5.92 Å². The lowest BCUT2D eigenvalue weighted by atomic mass is 9.99. The van der Waals surface area contributed by atoms with Crippen LogP contribution < -0.4 is 0 Å². The van der Waals surface area contributed by atoms with Gasteiger partial charge in [0.1, 0.15) is 0 Å². The van der Waals surface area contributed by atoms with Crippen molar-refractivity contribution < 1.29 is 10.2 Å². The molecule has 106 valence electrons. The number of hydrogen-bond acceptors (Lipinski definition) is 3. The van der Waals surface area contributed by atoms with Gasteiger partial charge < -0.3 is 15.1 Å². The van der Waals surface area contributed by atoms with Gasteiger partial charge in [-0.25, -0.2) is 0 Å². The van der Waals surface area contributed by atoms with Crippen molar-refractivity contribution in [2.75, 3.05) is 19.6 Å². The van der Waals surface area contributed by atoms with Gasteiger partial charge in [-0.3, -0.25) is 0 Å². The summed E-state index contributed by atoms with van der Waals surface area (Å²) in [5.41, 5.74) is 1.10. The van der Waals surface area contributed by atoms with Crippen LogP contribution in [0.3, 0.4) is 0 Å². The van der Waals surface area contributed by atoms with Crippen LogP contribution in [0.15, 0.2) is 18.2 Å². The molecule has 1 aromatic rings. The summed E-state index contributed by atoms with van der Waals surface area (Å²) in [4.78, 5) is 2.56. The molecule has 1 fully saturated rings. The second-order valence-corrected chi connectivity index (χ2v) is 5.80. The van der Waals surface area contributed by atoms with Crippen molar-refractivity contribution in [1.29, 1.82) is 0 Å². The van der Waals surface area contributed by atoms with Gasteiger partial charge >= 0.3 is 0 Å². The average Bonchev–Trinajstić information content (AvgIpc) is 2.41. The maximum absolute atomic E-state index is 9.43. The molecule has 19 heavy (non-hydrogen) atoms. The molecule has 1 aliphatic heterocycles. The number of benzene rings is 1. The number of aromatic hydroxyl groups is 2. The zero-order chi connectivity index (χ0) is 13.7. The normalized spacial score (nSPS) is 17.7. The Labute approximate surface area is 115 Å². The van der Waals surface area contributed by atoms with Crippen LogP contribution in [-0.4, -0.2) is 34.7 Å². The van der Waals surface area contributed by atoms with Gasteiger partial charge in [-0.2, -0.15) is 0 Å². The Hall–Kier alpha value is -1.22. The number of piperidine rings is 1. The highest BCUT2D eigenvalue weighted by Gasteiger charge is 2.14. The summed E-state index contributed by atoms with van der Waals surface area (Å²) in [5, 5.41) is 18.7. The summed E-state index contributed by atoms with van der Waals surface area (Å²) in [6, 6.07) is 5.12. The summed E-state index contributed by atoms with van der Waals surface area (Å²) < 4.78 is 0. The molecule has 0 spiro atoms. The Morgan fingerprint density at radius 3 is 2.53 bits per heavy atom. The van der Waals surface area contributed by atoms with E-state index in [0.29, 0.717) is 0 Å². The molecule has 3 nitrogen and oxygen atoms in total. The Morgan fingerprint density at radius 1 is 1.11 bits per heavy atom. The number of nitrogens with zero attached hydrogens (tertiary/aromatic N) is 1. The van der Waals surface area contributed by atoms with E-state index in [0.717, 1.165) is 24.3 Å². The fourth-order valence-electron chi connectivity index (χ4n) is 2.67. The van der Waals surface area contributed by atoms with Gasteiger partial charge in [0.25, 0.3) is 0 Å². The first-order valence-corrected chi connectivity index (χ1v) is 7.38. The number of aryl methyl sites for hydroxylation is 1. The molecule has 0 amide bonds. The third-order valence-corrected chi connectivity index (χ3v) is 4.11. The van der Waals surface area contributed by atoms with E-state index in [1.165, 1.54) is 38.9 Å². The molecule has 2 N–H and O–H groups in total. The van der Waals surface area contributed by atoms with Gasteiger partial charge in [0.2, 0.25) is 0 Å². The summed E-state index contributed by atoms with van der Waals surface area (Å²) in [6.07, 6.45) is 5.99. The Morgan fingerprint density at radius 2 is 1.84 bits per heavy atom. The average molecular weight is 263 g/mol. The molecule has 0 aliphatic carbocycles. The van der Waals surface area contributed by atoms with E-state index in [1.54, 1.807) is 12.1 Å². The van der Waals surface area contributed by atoms with Crippen LogP contribution in [0.5, 0.6) is 11.5 Å². The Kier molecular flexibility index (Phi) is 5.08. The highest BCUT2D eigenvalue weighted by molar-refractivity contribution is 5.40. The fourth-order valence-corrected chi connectivity index (χ4v) is 2.67. The van der Waals surface area contributed by atoms with E-state index in [9.17, 15) is 10.2 Å². The van der Waals surface area contributed by atoms with Crippen molar-refractivity contribution in [3.8, 4) is 11.5 Å². The summed E-state index contributed by atoms with van der Waals surface area (Å²) in [5.74, 6) is 0.852. The van der Waals surface area contributed by atoms with Crippen LogP contribution in [0.2, 0.25) is 0 Å². The number of likely N-dealkylation sites (tertiary alicyclic amines) is 1. The van der Waals surface area contributed by atoms with Crippen molar-refractivity contribution in [2.45, 2.75) is 39.0 Å². The Bertz CT molecular complexity index is 398. The molecule has 1 saturated heterocycles. The SMILES string of the molecule is CC1CCN(CCCCc2ccc(O)c(O)c2)CC1. The third-order valence-electron chi connectivity index (χ3n) is 4.11. The molecular formula is C16H25NO2. The van der Waals surface area contributed by atoms with Crippen LogP contribution in [0.4, 0.5) is 0 Å². The van der Waals surface area contributed by atoms with E-state index in [4.69, 9.17) is 0 Å². The van der Waals surface area contributed by atoms with E-state index < -0.39 is 0 Å². The maximum atomic E-state index is 9.43. The zero-order valence-electron chi connectivity index (χ0n) is 11.8. The van der Waals surface area contributed by atoms with E-state index in [2.05, 4.69) is 11.8 Å². The van der Waals surface area contributed by atoms with Crippen molar-refractivity contribution in [1.82, 2.24) is 4.90 Å². The third kappa shape index (κ3) is 4.43. The second kappa shape index (κ2) is 6.80. The number of phenols is 2. The van der Waals surface area contributed by atoms with Gasteiger partial charge in [-0.15, -0.1) is 0 Å². The largest absolute Gasteiger partial charge is 0.504 e. The standard InChI is InChI=1S/C16H25NO2/c1-13-7-10-17(11-8-13)9-3-2-4-14-5-6-15(18)16(19)12-14/h5-6,12-13,18-19H,2-4,7-11H2,1H3. The molecule has 0 aromatic heterocycles. The Balaban J connectivity index is 1.65. The van der Waals surface area contributed by atoms with Crippen LogP contribution in [-0.2, 0) is 6.42 Å². The van der Waals surface area contributed by atoms with Gasteiger partial charge in [0, 0.05) is 0 Å². The maximum Gasteiger partial charge on any atom is 0.157 e. The molecule has 0 saturated carbocycles. The first-order chi connectivity index (χ1) is 9.15. The van der Waals surface area contributed by atoms with E-state index in [1.807, 2.05) is 6.07 Å². The van der Waals surface area contributed by atoms with Crippen molar-refractivity contribution in [2.24, 2.45) is 5.92 Å². The van der Waals surface area contributed by atoms with Crippen LogP contribution in [0.25, 0.3) is 0 Å². The molecule has 1 aromatic carbocycles. The minimum atomic E-state index is -0.0359. The highest BCUT2D eigenvalue weighted by Crippen LogP contribution is 2.25. The fraction of sp³-hybridized carbons (Fsp3) is 0.625. The summed E-state index contributed by atoms with van der Waals surface area (Å²) in [7, 11) is 0. The summed E-state index contributed by atoms with van der Waals surface area (Å²) >= 11 is 0. The van der Waals surface area contributed by atoms with Crippen LogP contribution >= 0.6 is 0 Å². The molecule has 3 heteroatoms. The number of phenolic OH excluding ortho intramolecular Hbond substituents is 2. The lowest BCUT2D eigenvalue weighted by molar-refractivity contribution is 0.189. The molecule has 2 rings (SSSR count). The molecule has 0 unspecified atom stereocenters. The lowest BCUT2D eigenvalue weighted by Gasteiger charge is -2.30. The van der Waals surface area contributed by atoms with Gasteiger partial charge in [0.05, 0.1) is 0 Å². The predicted molar refractivity (Wildman–Crippen MR) is 77.5 cm³/mol. The molecule has 1 heterocycles.